The van der Waals surface area contributed by atoms with Crippen molar-refractivity contribution < 1.29 is 113 Å². The summed E-state index contributed by atoms with van der Waals surface area (Å²) in [6.45, 7) is 2.55. The number of aromatic nitrogens is 6. The van der Waals surface area contributed by atoms with Crippen LogP contribution in [0.25, 0.3) is 67.8 Å². The van der Waals surface area contributed by atoms with E-state index in [2.05, 4.69) is 39.5 Å². The van der Waals surface area contributed by atoms with Crippen LogP contribution in [0.15, 0.2) is 170 Å². The molecule has 6 aromatic heterocycles. The smallest absolute Gasteiger partial charge is 0.691 e. The van der Waals surface area contributed by atoms with E-state index >= 15 is 0 Å². The number of nitrogen functional groups attached to an aromatic ring is 1. The summed E-state index contributed by atoms with van der Waals surface area (Å²) in [4.78, 5) is 75.9. The van der Waals surface area contributed by atoms with Crippen molar-refractivity contribution >= 4 is 47.1 Å². The molecule has 3 N–H and O–H groups in total. The zero-order valence-electron chi connectivity index (χ0n) is 37.9. The first kappa shape index (κ1) is 57.5. The molecule has 1 aliphatic rings. The molecular formula is C50H40Au2N9NaO8S. The van der Waals surface area contributed by atoms with Crippen molar-refractivity contribution in [2.45, 2.75) is 25.5 Å². The number of nitrogens with one attached hydrogen (secondary N) is 1. The number of rotatable bonds is 11. The fourth-order valence-electron chi connectivity index (χ4n) is 6.55. The summed E-state index contributed by atoms with van der Waals surface area (Å²) in [5, 5.41) is 14.7. The summed E-state index contributed by atoms with van der Waals surface area (Å²) in [5.41, 5.74) is 17.9. The molecule has 17 nitrogen and oxygen atoms in total. The minimum absolute atomic E-state index is 0. The summed E-state index contributed by atoms with van der Waals surface area (Å²) in [5.74, 6) is -2.32. The number of nitrogens with zero attached hydrogens (tertiary/aromatic N) is 7. The zero-order valence-corrected chi connectivity index (χ0v) is 45.1. The van der Waals surface area contributed by atoms with Crippen molar-refractivity contribution in [2.24, 2.45) is 0 Å². The molecule has 9 rings (SSSR count). The summed E-state index contributed by atoms with van der Waals surface area (Å²) >= 11 is 0.389. The number of pyridine rings is 6. The van der Waals surface area contributed by atoms with E-state index in [4.69, 9.17) is 15.7 Å². The molecule has 2 aromatic carbocycles. The standard InChI is InChI=1S/C23H18N4O.C21H16N4.C6H7NO7S.2Au.Na/c1-16(28)26-19-10-8-17(9-11-19)18-14-22(20-6-2-4-12-24-20)27-23(15-18)21-7-3-5-13-25-21;22-17-9-7-15(8-10-17)16-13-20(18-5-1-3-11-23-18)25-21(14-16)19-6-2-4-12-24-19;1-3(8)12-7-5(9)2-4(6(7)10)15-14-13-11;;;/h2-15H,1H3,(H,26,28);1-14H,22H2;4,11H,2H2,1H3;;;/q;;;;;+1/p-1. The zero-order chi connectivity index (χ0) is 47.8. The monoisotopic (exact) mass is 1340 g/mol. The van der Waals surface area contributed by atoms with Crippen molar-refractivity contribution in [1.82, 2.24) is 35.0 Å². The molecule has 0 aliphatic carbocycles. The summed E-state index contributed by atoms with van der Waals surface area (Å²) < 4.78 is 3.91. The van der Waals surface area contributed by atoms with Gasteiger partial charge in [0.25, 0.3) is 11.8 Å². The van der Waals surface area contributed by atoms with Gasteiger partial charge in [0.1, 0.15) is 5.25 Å². The van der Waals surface area contributed by atoms with Gasteiger partial charge in [0.05, 0.1) is 52.0 Å². The van der Waals surface area contributed by atoms with E-state index in [1.54, 1.807) is 24.8 Å². The Morgan fingerprint density at radius 1 is 0.606 bits per heavy atom. The maximum Gasteiger partial charge on any atom is 1.00 e. The Morgan fingerprint density at radius 2 is 1.00 bits per heavy atom. The Bertz CT molecular complexity index is 2880. The van der Waals surface area contributed by atoms with E-state index in [-0.39, 0.29) is 86.6 Å². The number of imide groups is 1. The molecule has 0 bridgehead atoms. The molecule has 0 saturated carbocycles. The number of amides is 3. The number of hydroxylamine groups is 2. The summed E-state index contributed by atoms with van der Waals surface area (Å²) in [7, 11) is 0. The van der Waals surface area contributed by atoms with Crippen LogP contribution in [0.4, 0.5) is 11.4 Å². The molecule has 1 saturated heterocycles. The van der Waals surface area contributed by atoms with Gasteiger partial charge in [-0.3, -0.25) is 39.4 Å². The molecular weight excluding hydrogens is 1300 g/mol. The number of hydrogen-bond donors (Lipinski definition) is 2. The third-order valence-corrected chi connectivity index (χ3v) is 10.3. The van der Waals surface area contributed by atoms with Crippen LogP contribution >= 0.6 is 12.0 Å². The predicted molar refractivity (Wildman–Crippen MR) is 253 cm³/mol. The van der Waals surface area contributed by atoms with Crippen LogP contribution < -0.4 is 45.9 Å². The first-order valence-electron chi connectivity index (χ1n) is 20.7. The number of nitrogens with two attached hydrogens (primary N) is 1. The van der Waals surface area contributed by atoms with Crippen LogP contribution in [0, 0.1) is 0 Å². The Morgan fingerprint density at radius 3 is 1.34 bits per heavy atom. The largest absolute Gasteiger partial charge is 1.00 e. The molecule has 1 aliphatic heterocycles. The normalized spacial score (nSPS) is 12.3. The van der Waals surface area contributed by atoms with Gasteiger partial charge in [-0.2, -0.15) is 4.33 Å². The van der Waals surface area contributed by atoms with E-state index in [1.807, 2.05) is 146 Å². The van der Waals surface area contributed by atoms with Gasteiger partial charge in [-0.05, 0) is 119 Å². The topological polar surface area (TPSA) is 238 Å². The maximum atomic E-state index is 11.3. The molecule has 1 atom stereocenters. The van der Waals surface area contributed by atoms with Crippen LogP contribution in [0.3, 0.4) is 0 Å². The van der Waals surface area contributed by atoms with Gasteiger partial charge in [0, 0.05) is 107 Å². The van der Waals surface area contributed by atoms with Crippen LogP contribution in [0.5, 0.6) is 0 Å². The molecule has 0 spiro atoms. The summed E-state index contributed by atoms with van der Waals surface area (Å²) in [6, 6.07) is 46.8. The average Bonchev–Trinajstić information content (AvgIpc) is 3.64. The molecule has 1 fully saturated rings. The van der Waals surface area contributed by atoms with Crippen molar-refractivity contribution in [3.8, 4) is 67.8 Å². The van der Waals surface area contributed by atoms with E-state index in [1.165, 1.54) is 6.92 Å². The van der Waals surface area contributed by atoms with Gasteiger partial charge in [-0.15, -0.1) is 5.06 Å². The molecule has 21 heteroatoms. The SMILES string of the molecule is CC(=O)Nc1ccc(-c2cc(-c3ccccn3)nc(-c3ccccn3)c2)cc1.CC(=O)ON1C(=O)CC(SOO[O-])C1=O.Nc1ccc(-c2cc(-c3ccccn3)nc(-c3ccccn3)c2)cc1.[Au].[Au].[Na+]. The third-order valence-electron chi connectivity index (χ3n) is 9.61. The molecule has 3 amide bonds. The Hall–Kier alpha value is -6.07. The fourth-order valence-corrected chi connectivity index (χ4v) is 7.06. The first-order valence-corrected chi connectivity index (χ1v) is 21.5. The van der Waals surface area contributed by atoms with Crippen LogP contribution in [-0.4, -0.2) is 63.9 Å². The molecule has 2 radical (unpaired) electrons. The second-order valence-corrected chi connectivity index (χ2v) is 15.4. The van der Waals surface area contributed by atoms with Gasteiger partial charge < -0.3 is 21.1 Å². The quantitative estimate of drug-likeness (QED) is 0.0444. The van der Waals surface area contributed by atoms with Crippen LogP contribution in [0.2, 0.25) is 0 Å². The third kappa shape index (κ3) is 16.5. The molecule has 362 valence electrons. The van der Waals surface area contributed by atoms with Gasteiger partial charge in [0.15, 0.2) is 0 Å². The van der Waals surface area contributed by atoms with E-state index in [0.717, 1.165) is 86.1 Å². The van der Waals surface area contributed by atoms with E-state index in [0.29, 0.717) is 17.1 Å². The van der Waals surface area contributed by atoms with Gasteiger partial charge in [-0.25, -0.2) is 14.8 Å². The van der Waals surface area contributed by atoms with Crippen molar-refractivity contribution in [3.05, 3.63) is 170 Å². The minimum Gasteiger partial charge on any atom is -0.691 e. The van der Waals surface area contributed by atoms with Crippen LogP contribution in [0.1, 0.15) is 20.3 Å². The second kappa shape index (κ2) is 28.7. The molecule has 1 unspecified atom stereocenters. The van der Waals surface area contributed by atoms with Gasteiger partial charge in [0.2, 0.25) is 5.91 Å². The Kier molecular flexibility index (Phi) is 23.2. The number of carbonyl (C=O) groups excluding carboxylic acids is 4. The molecule has 7 heterocycles. The van der Waals surface area contributed by atoms with E-state index in [9.17, 15) is 24.4 Å². The summed E-state index contributed by atoms with van der Waals surface area (Å²) in [6.07, 6.45) is 6.83. The molecule has 71 heavy (non-hydrogen) atoms. The van der Waals surface area contributed by atoms with Gasteiger partial charge >= 0.3 is 35.5 Å². The number of benzene rings is 2. The fraction of sp³-hybridized carbons (Fsp3) is 0.0800. The Balaban J connectivity index is 0.000000236. The Labute approximate surface area is 465 Å². The first-order chi connectivity index (χ1) is 33.0. The predicted octanol–water partition coefficient (Wildman–Crippen LogP) is 4.75. The van der Waals surface area contributed by atoms with Crippen molar-refractivity contribution in [2.75, 3.05) is 11.1 Å². The van der Waals surface area contributed by atoms with E-state index < -0.39 is 23.0 Å². The average molecular weight is 1340 g/mol. The number of hydrogen-bond acceptors (Lipinski definition) is 16. The second-order valence-electron chi connectivity index (χ2n) is 14.5. The van der Waals surface area contributed by atoms with Crippen LogP contribution in [-0.2, 0) is 78.1 Å². The van der Waals surface area contributed by atoms with Crippen molar-refractivity contribution in [3.63, 3.8) is 0 Å². The minimum atomic E-state index is -0.939. The maximum absolute atomic E-state index is 11.3. The number of carbonyl (C=O) groups is 4. The van der Waals surface area contributed by atoms with Gasteiger partial charge in [-0.1, -0.05) is 48.5 Å². The van der Waals surface area contributed by atoms with Crippen molar-refractivity contribution in [1.29, 1.82) is 0 Å². The molecule has 8 aromatic rings. The number of anilines is 2.